The quantitative estimate of drug-likeness (QED) is 0.765. The van der Waals surface area contributed by atoms with Gasteiger partial charge in [0.05, 0.1) is 6.54 Å². The summed E-state index contributed by atoms with van der Waals surface area (Å²) >= 11 is 0. The zero-order valence-electron chi connectivity index (χ0n) is 13.6. The topological polar surface area (TPSA) is 99.2 Å². The van der Waals surface area contributed by atoms with Gasteiger partial charge in [0.2, 0.25) is 5.91 Å². The third-order valence-electron chi connectivity index (χ3n) is 3.21. The van der Waals surface area contributed by atoms with Gasteiger partial charge in [0.1, 0.15) is 11.6 Å². The number of rotatable bonds is 4. The van der Waals surface area contributed by atoms with Gasteiger partial charge in [-0.25, -0.2) is 4.79 Å². The largest absolute Gasteiger partial charge is 0.480 e. The maximum Gasteiger partial charge on any atom is 0.410 e. The van der Waals surface area contributed by atoms with Crippen molar-refractivity contribution in [2.24, 2.45) is 0 Å². The Labute approximate surface area is 130 Å². The Morgan fingerprint density at radius 1 is 1.14 bits per heavy atom. The second kappa shape index (κ2) is 7.44. The third kappa shape index (κ3) is 5.88. The van der Waals surface area contributed by atoms with E-state index in [1.165, 1.54) is 6.92 Å². The zero-order chi connectivity index (χ0) is 16.9. The van der Waals surface area contributed by atoms with Crippen LogP contribution in [0.1, 0.15) is 27.7 Å². The molecule has 1 fully saturated rings. The summed E-state index contributed by atoms with van der Waals surface area (Å²) in [6.07, 6.45) is -0.378. The molecule has 0 aliphatic carbocycles. The van der Waals surface area contributed by atoms with E-state index in [1.54, 1.807) is 30.6 Å². The van der Waals surface area contributed by atoms with Gasteiger partial charge in [-0.3, -0.25) is 14.9 Å². The molecule has 1 aliphatic rings. The molecule has 2 N–H and O–H groups in total. The summed E-state index contributed by atoms with van der Waals surface area (Å²) in [5.41, 5.74) is -0.541. The lowest BCUT2D eigenvalue weighted by Gasteiger charge is -2.35. The molecule has 0 radical (unpaired) electrons. The fraction of sp³-hybridized carbons (Fsp3) is 0.786. The van der Waals surface area contributed by atoms with Crippen LogP contribution in [0.4, 0.5) is 4.79 Å². The number of nitrogens with zero attached hydrogens (tertiary/aromatic N) is 2. The Balaban J connectivity index is 2.37. The highest BCUT2D eigenvalue weighted by atomic mass is 16.6. The summed E-state index contributed by atoms with van der Waals surface area (Å²) in [4.78, 5) is 37.7. The number of piperazine rings is 1. The standard InChI is InChI=1S/C14H25N3O5/c1-10(12(19)20)15-9-11(18)16-5-7-17(8-6-16)13(21)22-14(2,3)4/h10,15H,5-9H2,1-4H3,(H,19,20). The lowest BCUT2D eigenvalue weighted by Crippen LogP contribution is -2.53. The Morgan fingerprint density at radius 3 is 2.09 bits per heavy atom. The van der Waals surface area contributed by atoms with Crippen molar-refractivity contribution < 1.29 is 24.2 Å². The fourth-order valence-corrected chi connectivity index (χ4v) is 1.90. The first kappa shape index (κ1) is 18.2. The second-order valence-corrected chi connectivity index (χ2v) is 6.29. The number of hydrogen-bond donors (Lipinski definition) is 2. The second-order valence-electron chi connectivity index (χ2n) is 6.29. The SMILES string of the molecule is CC(NCC(=O)N1CCN(C(=O)OC(C)(C)C)CC1)C(=O)O. The number of ether oxygens (including phenoxy) is 1. The average Bonchev–Trinajstić information content (AvgIpc) is 2.42. The zero-order valence-corrected chi connectivity index (χ0v) is 13.6. The van der Waals surface area contributed by atoms with Crippen molar-refractivity contribution in [2.75, 3.05) is 32.7 Å². The molecule has 22 heavy (non-hydrogen) atoms. The summed E-state index contributed by atoms with van der Waals surface area (Å²) in [7, 11) is 0. The van der Waals surface area contributed by atoms with Crippen LogP contribution >= 0.6 is 0 Å². The highest BCUT2D eigenvalue weighted by Gasteiger charge is 2.27. The fourth-order valence-electron chi connectivity index (χ4n) is 1.90. The number of amides is 2. The summed E-state index contributed by atoms with van der Waals surface area (Å²) in [5.74, 6) is -1.17. The molecule has 1 saturated heterocycles. The van der Waals surface area contributed by atoms with Gasteiger partial charge in [-0.1, -0.05) is 0 Å². The van der Waals surface area contributed by atoms with Gasteiger partial charge in [-0.05, 0) is 27.7 Å². The Hall–Kier alpha value is -1.83. The lowest BCUT2D eigenvalue weighted by molar-refractivity contribution is -0.139. The molecule has 0 bridgehead atoms. The first-order valence-corrected chi connectivity index (χ1v) is 7.32. The van der Waals surface area contributed by atoms with Crippen molar-refractivity contribution in [1.29, 1.82) is 0 Å². The minimum atomic E-state index is -0.998. The molecule has 0 aromatic carbocycles. The van der Waals surface area contributed by atoms with Gasteiger partial charge in [0, 0.05) is 26.2 Å². The van der Waals surface area contributed by atoms with Crippen molar-refractivity contribution >= 4 is 18.0 Å². The van der Waals surface area contributed by atoms with E-state index < -0.39 is 17.6 Å². The van der Waals surface area contributed by atoms with E-state index in [0.29, 0.717) is 26.2 Å². The van der Waals surface area contributed by atoms with Gasteiger partial charge in [-0.15, -0.1) is 0 Å². The Kier molecular flexibility index (Phi) is 6.16. The molecule has 0 aromatic heterocycles. The first-order chi connectivity index (χ1) is 10.1. The molecule has 0 spiro atoms. The van der Waals surface area contributed by atoms with Crippen LogP contribution in [0.3, 0.4) is 0 Å². The van der Waals surface area contributed by atoms with E-state index in [2.05, 4.69) is 5.32 Å². The molecule has 0 aromatic rings. The Morgan fingerprint density at radius 2 is 1.64 bits per heavy atom. The molecule has 1 heterocycles. The Bertz CT molecular complexity index is 425. The maximum atomic E-state index is 12.0. The molecule has 0 saturated carbocycles. The molecule has 126 valence electrons. The third-order valence-corrected chi connectivity index (χ3v) is 3.21. The van der Waals surface area contributed by atoms with Gasteiger partial charge in [0.15, 0.2) is 0 Å². The van der Waals surface area contributed by atoms with Crippen LogP contribution in [0.5, 0.6) is 0 Å². The molecule has 8 heteroatoms. The monoisotopic (exact) mass is 315 g/mol. The van der Waals surface area contributed by atoms with Crippen LogP contribution in [0.15, 0.2) is 0 Å². The number of carbonyl (C=O) groups excluding carboxylic acids is 2. The molecule has 2 amide bonds. The van der Waals surface area contributed by atoms with Crippen LogP contribution in [-0.4, -0.2) is 77.2 Å². The van der Waals surface area contributed by atoms with Crippen molar-refractivity contribution in [3.8, 4) is 0 Å². The van der Waals surface area contributed by atoms with Crippen LogP contribution in [-0.2, 0) is 14.3 Å². The number of aliphatic carboxylic acids is 1. The van der Waals surface area contributed by atoms with Gasteiger partial charge < -0.3 is 19.6 Å². The molecule has 1 atom stereocenters. The van der Waals surface area contributed by atoms with Crippen molar-refractivity contribution in [3.63, 3.8) is 0 Å². The molecule has 8 nitrogen and oxygen atoms in total. The lowest BCUT2D eigenvalue weighted by atomic mass is 10.2. The van der Waals surface area contributed by atoms with Gasteiger partial charge >= 0.3 is 12.1 Å². The van der Waals surface area contributed by atoms with E-state index in [4.69, 9.17) is 9.84 Å². The van der Waals surface area contributed by atoms with Crippen molar-refractivity contribution in [1.82, 2.24) is 15.1 Å². The molecular weight excluding hydrogens is 290 g/mol. The summed E-state index contributed by atoms with van der Waals surface area (Å²) in [5, 5.41) is 11.4. The molecular formula is C14H25N3O5. The highest BCUT2D eigenvalue weighted by molar-refractivity contribution is 5.80. The van der Waals surface area contributed by atoms with E-state index in [1.807, 2.05) is 0 Å². The number of carbonyl (C=O) groups is 3. The van der Waals surface area contributed by atoms with Crippen LogP contribution in [0.25, 0.3) is 0 Å². The van der Waals surface area contributed by atoms with Gasteiger partial charge in [-0.2, -0.15) is 0 Å². The predicted octanol–water partition coefficient (Wildman–Crippen LogP) is 0.128. The van der Waals surface area contributed by atoms with E-state index in [0.717, 1.165) is 0 Å². The maximum absolute atomic E-state index is 12.0. The van der Waals surface area contributed by atoms with Crippen LogP contribution < -0.4 is 5.32 Å². The summed E-state index contributed by atoms with van der Waals surface area (Å²) in [6.45, 7) is 8.53. The summed E-state index contributed by atoms with van der Waals surface area (Å²) < 4.78 is 5.28. The van der Waals surface area contributed by atoms with Crippen molar-refractivity contribution in [3.05, 3.63) is 0 Å². The number of carboxylic acids is 1. The normalized spacial score (nSPS) is 17.1. The van der Waals surface area contributed by atoms with Gasteiger partial charge in [0.25, 0.3) is 0 Å². The smallest absolute Gasteiger partial charge is 0.410 e. The van der Waals surface area contributed by atoms with E-state index in [-0.39, 0.29) is 18.5 Å². The molecule has 1 unspecified atom stereocenters. The molecule has 1 aliphatic heterocycles. The van der Waals surface area contributed by atoms with E-state index >= 15 is 0 Å². The predicted molar refractivity (Wildman–Crippen MR) is 79.5 cm³/mol. The van der Waals surface area contributed by atoms with Crippen LogP contribution in [0.2, 0.25) is 0 Å². The number of nitrogens with one attached hydrogen (secondary N) is 1. The number of hydrogen-bond acceptors (Lipinski definition) is 5. The van der Waals surface area contributed by atoms with Crippen LogP contribution in [0, 0.1) is 0 Å². The average molecular weight is 315 g/mol. The minimum absolute atomic E-state index is 0.0279. The van der Waals surface area contributed by atoms with Crippen molar-refractivity contribution in [2.45, 2.75) is 39.3 Å². The highest BCUT2D eigenvalue weighted by Crippen LogP contribution is 2.11. The number of carboxylic acid groups (broad SMARTS) is 1. The minimum Gasteiger partial charge on any atom is -0.480 e. The van der Waals surface area contributed by atoms with E-state index in [9.17, 15) is 14.4 Å². The first-order valence-electron chi connectivity index (χ1n) is 7.32. The summed E-state index contributed by atoms with van der Waals surface area (Å²) in [6, 6.07) is -0.771. The molecule has 1 rings (SSSR count).